The molecule has 5 nitrogen and oxygen atoms in total. The molecule has 0 spiro atoms. The minimum atomic E-state index is -0.353. The van der Waals surface area contributed by atoms with Crippen LogP contribution in [0.5, 0.6) is 0 Å². The second-order valence-corrected chi connectivity index (χ2v) is 6.93. The first-order valence-electron chi connectivity index (χ1n) is 8.28. The smallest absolute Gasteiger partial charge is 0.293 e. The van der Waals surface area contributed by atoms with Gasteiger partial charge in [-0.25, -0.2) is 14.1 Å². The molecule has 0 aliphatic carbocycles. The minimum absolute atomic E-state index is 0.160. The molecule has 25 heavy (non-hydrogen) atoms. The van der Waals surface area contributed by atoms with Crippen LogP contribution >= 0.6 is 11.3 Å². The van der Waals surface area contributed by atoms with Crippen LogP contribution in [-0.2, 0) is 0 Å². The van der Waals surface area contributed by atoms with E-state index in [0.717, 1.165) is 37.2 Å². The third kappa shape index (κ3) is 3.19. The van der Waals surface area contributed by atoms with Crippen LogP contribution in [0, 0.1) is 5.82 Å². The molecule has 1 aliphatic rings. The maximum absolute atomic E-state index is 13.6. The summed E-state index contributed by atoms with van der Waals surface area (Å²) in [7, 11) is 0. The van der Waals surface area contributed by atoms with Crippen molar-refractivity contribution >= 4 is 17.2 Å². The van der Waals surface area contributed by atoms with Gasteiger partial charge in [0.1, 0.15) is 5.82 Å². The lowest BCUT2D eigenvalue weighted by Crippen LogP contribution is -2.36. The first-order valence-corrected chi connectivity index (χ1v) is 9.16. The lowest BCUT2D eigenvalue weighted by molar-refractivity contribution is 0.0712. The Morgan fingerprint density at radius 1 is 1.12 bits per heavy atom. The first-order chi connectivity index (χ1) is 12.2. The highest BCUT2D eigenvalue weighted by Gasteiger charge is 2.25. The number of amides is 1. The minimum Gasteiger partial charge on any atom is -0.336 e. The molecule has 0 atom stereocenters. The van der Waals surface area contributed by atoms with Crippen molar-refractivity contribution in [2.45, 2.75) is 19.3 Å². The molecule has 3 heterocycles. The van der Waals surface area contributed by atoms with Gasteiger partial charge >= 0.3 is 0 Å². The van der Waals surface area contributed by atoms with Crippen molar-refractivity contribution in [2.75, 3.05) is 13.1 Å². The van der Waals surface area contributed by atoms with E-state index in [1.165, 1.54) is 23.5 Å². The van der Waals surface area contributed by atoms with Crippen LogP contribution in [0.3, 0.4) is 0 Å². The molecule has 1 aliphatic heterocycles. The van der Waals surface area contributed by atoms with Gasteiger partial charge < -0.3 is 4.90 Å². The largest absolute Gasteiger partial charge is 0.336 e. The topological polar surface area (TPSA) is 51.0 Å². The number of benzene rings is 1. The Labute approximate surface area is 148 Å². The van der Waals surface area contributed by atoms with Gasteiger partial charge in [0.2, 0.25) is 5.82 Å². The van der Waals surface area contributed by atoms with Crippen molar-refractivity contribution in [1.29, 1.82) is 0 Å². The van der Waals surface area contributed by atoms with Crippen LogP contribution in [0.15, 0.2) is 41.8 Å². The lowest BCUT2D eigenvalue weighted by atomic mass is 10.1. The molecule has 1 aromatic carbocycles. The van der Waals surface area contributed by atoms with E-state index >= 15 is 0 Å². The fraction of sp³-hybridized carbons (Fsp3) is 0.278. The summed E-state index contributed by atoms with van der Waals surface area (Å²) in [4.78, 5) is 19.9. The van der Waals surface area contributed by atoms with Gasteiger partial charge in [0.15, 0.2) is 5.82 Å². The Morgan fingerprint density at radius 2 is 1.96 bits per heavy atom. The van der Waals surface area contributed by atoms with E-state index in [4.69, 9.17) is 0 Å². The molecule has 0 radical (unpaired) electrons. The molecule has 0 unspecified atom stereocenters. The predicted molar refractivity (Wildman–Crippen MR) is 94.4 cm³/mol. The zero-order chi connectivity index (χ0) is 17.2. The number of carbonyl (C=O) groups excluding carboxylic acids is 1. The summed E-state index contributed by atoms with van der Waals surface area (Å²) in [5.41, 5.74) is 0.550. The van der Waals surface area contributed by atoms with Gasteiger partial charge in [0, 0.05) is 13.1 Å². The zero-order valence-electron chi connectivity index (χ0n) is 13.6. The van der Waals surface area contributed by atoms with Crippen LogP contribution in [-0.4, -0.2) is 38.7 Å². The van der Waals surface area contributed by atoms with Crippen LogP contribution < -0.4 is 0 Å². The van der Waals surface area contributed by atoms with Crippen molar-refractivity contribution in [3.63, 3.8) is 0 Å². The third-order valence-electron chi connectivity index (χ3n) is 4.24. The summed E-state index contributed by atoms with van der Waals surface area (Å²) >= 11 is 1.51. The molecule has 3 aromatic rings. The number of likely N-dealkylation sites (tertiary alicyclic amines) is 1. The quantitative estimate of drug-likeness (QED) is 0.718. The van der Waals surface area contributed by atoms with Crippen molar-refractivity contribution in [3.05, 3.63) is 53.4 Å². The SMILES string of the molecule is O=C(c1nc(-c2cccs2)n(-c2cccc(F)c2)n1)N1CCCCC1. The van der Waals surface area contributed by atoms with Crippen molar-refractivity contribution < 1.29 is 9.18 Å². The number of hydrogen-bond donors (Lipinski definition) is 0. The maximum atomic E-state index is 13.6. The molecule has 2 aromatic heterocycles. The number of carbonyl (C=O) groups is 1. The number of piperidine rings is 1. The van der Waals surface area contributed by atoms with Crippen molar-refractivity contribution in [3.8, 4) is 16.4 Å². The van der Waals surface area contributed by atoms with Crippen LogP contribution in [0.2, 0.25) is 0 Å². The van der Waals surface area contributed by atoms with Crippen LogP contribution in [0.25, 0.3) is 16.4 Å². The molecule has 0 saturated carbocycles. The van der Waals surface area contributed by atoms with E-state index in [1.54, 1.807) is 21.7 Å². The maximum Gasteiger partial charge on any atom is 0.293 e. The number of hydrogen-bond acceptors (Lipinski definition) is 4. The van der Waals surface area contributed by atoms with Gasteiger partial charge in [-0.2, -0.15) is 0 Å². The van der Waals surface area contributed by atoms with Crippen molar-refractivity contribution in [2.24, 2.45) is 0 Å². The van der Waals surface area contributed by atoms with E-state index in [-0.39, 0.29) is 17.5 Å². The molecule has 0 N–H and O–H groups in total. The number of halogens is 1. The Bertz CT molecular complexity index is 884. The fourth-order valence-corrected chi connectivity index (χ4v) is 3.69. The summed E-state index contributed by atoms with van der Waals surface area (Å²) in [5, 5.41) is 6.34. The number of nitrogens with zero attached hydrogens (tertiary/aromatic N) is 4. The molecule has 4 rings (SSSR count). The Kier molecular flexibility index (Phi) is 4.31. The Morgan fingerprint density at radius 3 is 2.68 bits per heavy atom. The third-order valence-corrected chi connectivity index (χ3v) is 5.10. The van der Waals surface area contributed by atoms with Gasteiger partial charge in [-0.05, 0) is 48.9 Å². The molecule has 128 valence electrons. The van der Waals surface area contributed by atoms with Gasteiger partial charge in [-0.15, -0.1) is 16.4 Å². The summed E-state index contributed by atoms with van der Waals surface area (Å²) in [6, 6.07) is 9.98. The monoisotopic (exact) mass is 356 g/mol. The van der Waals surface area contributed by atoms with Gasteiger partial charge in [-0.1, -0.05) is 12.1 Å². The lowest BCUT2D eigenvalue weighted by Gasteiger charge is -2.25. The van der Waals surface area contributed by atoms with Crippen molar-refractivity contribution in [1.82, 2.24) is 19.7 Å². The molecule has 7 heteroatoms. The Hall–Kier alpha value is -2.54. The van der Waals surface area contributed by atoms with Crippen LogP contribution in [0.4, 0.5) is 4.39 Å². The summed E-state index contributed by atoms with van der Waals surface area (Å²) in [6.45, 7) is 1.48. The first kappa shape index (κ1) is 16.0. The van der Waals surface area contributed by atoms with E-state index in [9.17, 15) is 9.18 Å². The van der Waals surface area contributed by atoms with E-state index in [2.05, 4.69) is 10.1 Å². The molecule has 1 fully saturated rings. The average Bonchev–Trinajstić information content (AvgIpc) is 3.31. The predicted octanol–water partition coefficient (Wildman–Crippen LogP) is 3.76. The van der Waals surface area contributed by atoms with Crippen LogP contribution in [0.1, 0.15) is 29.9 Å². The van der Waals surface area contributed by atoms with E-state index < -0.39 is 0 Å². The second-order valence-electron chi connectivity index (χ2n) is 5.98. The fourth-order valence-electron chi connectivity index (χ4n) is 2.99. The van der Waals surface area contributed by atoms with Gasteiger partial charge in [0.05, 0.1) is 10.6 Å². The summed E-state index contributed by atoms with van der Waals surface area (Å²) in [5.74, 6) is 0.206. The highest BCUT2D eigenvalue weighted by molar-refractivity contribution is 7.13. The van der Waals surface area contributed by atoms with Gasteiger partial charge in [0.25, 0.3) is 5.91 Å². The highest BCUT2D eigenvalue weighted by Crippen LogP contribution is 2.26. The number of thiophene rings is 1. The average molecular weight is 356 g/mol. The molecule has 0 bridgehead atoms. The normalized spacial score (nSPS) is 14.7. The number of aromatic nitrogens is 3. The zero-order valence-corrected chi connectivity index (χ0v) is 14.4. The molecule has 1 amide bonds. The summed E-state index contributed by atoms with van der Waals surface area (Å²) < 4.78 is 15.2. The Balaban J connectivity index is 1.77. The number of rotatable bonds is 3. The molecular weight excluding hydrogens is 339 g/mol. The van der Waals surface area contributed by atoms with Gasteiger partial charge in [-0.3, -0.25) is 4.79 Å². The van der Waals surface area contributed by atoms with E-state index in [0.29, 0.717) is 11.5 Å². The van der Waals surface area contributed by atoms with E-state index in [1.807, 2.05) is 17.5 Å². The molecule has 1 saturated heterocycles. The second kappa shape index (κ2) is 6.76. The summed E-state index contributed by atoms with van der Waals surface area (Å²) in [6.07, 6.45) is 3.16. The molecular formula is C18H17FN4OS. The highest BCUT2D eigenvalue weighted by atomic mass is 32.1. The standard InChI is InChI=1S/C18H17FN4OS/c19-13-6-4-7-14(12-13)23-17(15-8-5-11-25-15)20-16(21-23)18(24)22-9-2-1-3-10-22/h4-8,11-12H,1-3,9-10H2.